The van der Waals surface area contributed by atoms with Gasteiger partial charge >= 0.3 is 6.18 Å². The molecule has 0 bridgehead atoms. The molecule has 0 atom stereocenters. The van der Waals surface area contributed by atoms with Gasteiger partial charge in [-0.1, -0.05) is 17.8 Å². The topological polar surface area (TPSA) is 29.0 Å². The van der Waals surface area contributed by atoms with E-state index in [4.69, 9.17) is 11.6 Å². The fourth-order valence-corrected chi connectivity index (χ4v) is 2.09. The van der Waals surface area contributed by atoms with Gasteiger partial charge in [0.15, 0.2) is 0 Å². The second kappa shape index (κ2) is 6.39. The van der Waals surface area contributed by atoms with Gasteiger partial charge in [0.1, 0.15) is 0 Å². The molecule has 1 aromatic rings. The van der Waals surface area contributed by atoms with Crippen LogP contribution in [0.15, 0.2) is 0 Å². The number of hydrogen-bond acceptors (Lipinski definition) is 4. The molecule has 0 aliphatic carbocycles. The van der Waals surface area contributed by atoms with Crippen molar-refractivity contribution in [3.8, 4) is 0 Å². The van der Waals surface area contributed by atoms with E-state index in [9.17, 15) is 13.2 Å². The van der Waals surface area contributed by atoms with E-state index in [0.29, 0.717) is 28.9 Å². The zero-order valence-corrected chi connectivity index (χ0v) is 10.9. The predicted molar refractivity (Wildman–Crippen MR) is 62.8 cm³/mol. The average molecular weight is 288 g/mol. The molecule has 0 aliphatic rings. The normalized spacial score (nSPS) is 11.8. The van der Waals surface area contributed by atoms with Crippen molar-refractivity contribution >= 4 is 28.1 Å². The van der Waals surface area contributed by atoms with Gasteiger partial charge in [0.2, 0.25) is 10.1 Å². The van der Waals surface area contributed by atoms with Gasteiger partial charge in [-0.05, 0) is 12.8 Å². The van der Waals surface area contributed by atoms with Gasteiger partial charge in [-0.15, -0.1) is 21.8 Å². The quantitative estimate of drug-likeness (QED) is 0.593. The van der Waals surface area contributed by atoms with E-state index in [1.54, 1.807) is 11.9 Å². The second-order valence-corrected chi connectivity index (χ2v) is 4.89. The first-order valence-electron chi connectivity index (χ1n) is 5.13. The SMILES string of the molecule is CN(CCCCCCl)c1nnc(C(F)(F)F)s1. The predicted octanol–water partition coefficient (Wildman–Crippen LogP) is 3.40. The zero-order valence-electron chi connectivity index (χ0n) is 9.30. The summed E-state index contributed by atoms with van der Waals surface area (Å²) in [6.45, 7) is 0.656. The Balaban J connectivity index is 2.47. The van der Waals surface area contributed by atoms with Crippen molar-refractivity contribution in [1.29, 1.82) is 0 Å². The lowest BCUT2D eigenvalue weighted by molar-refractivity contribution is -0.138. The maximum atomic E-state index is 12.3. The summed E-state index contributed by atoms with van der Waals surface area (Å²) in [7, 11) is 1.71. The van der Waals surface area contributed by atoms with Crippen molar-refractivity contribution in [2.75, 3.05) is 24.4 Å². The van der Waals surface area contributed by atoms with E-state index >= 15 is 0 Å². The molecule has 0 fully saturated rings. The number of aromatic nitrogens is 2. The van der Waals surface area contributed by atoms with Gasteiger partial charge in [-0.25, -0.2) is 0 Å². The number of alkyl halides is 4. The van der Waals surface area contributed by atoms with Gasteiger partial charge in [-0.2, -0.15) is 13.2 Å². The van der Waals surface area contributed by atoms with E-state index < -0.39 is 11.2 Å². The standard InChI is InChI=1S/C9H13ClF3N3S/c1-16(6-4-2-3-5-10)8-15-14-7(17-8)9(11,12)13/h2-6H2,1H3. The van der Waals surface area contributed by atoms with Crippen LogP contribution in [0.5, 0.6) is 0 Å². The highest BCUT2D eigenvalue weighted by Gasteiger charge is 2.35. The van der Waals surface area contributed by atoms with Crippen molar-refractivity contribution in [2.45, 2.75) is 25.4 Å². The molecule has 0 aliphatic heterocycles. The summed E-state index contributed by atoms with van der Waals surface area (Å²) >= 11 is 6.09. The maximum absolute atomic E-state index is 12.3. The Bertz CT molecular complexity index is 342. The lowest BCUT2D eigenvalue weighted by Crippen LogP contribution is -2.18. The minimum atomic E-state index is -4.41. The van der Waals surface area contributed by atoms with Crippen molar-refractivity contribution in [1.82, 2.24) is 10.2 Å². The van der Waals surface area contributed by atoms with Crippen LogP contribution in [-0.4, -0.2) is 29.7 Å². The third kappa shape index (κ3) is 4.67. The number of anilines is 1. The first kappa shape index (κ1) is 14.5. The summed E-state index contributed by atoms with van der Waals surface area (Å²) in [6, 6.07) is 0. The van der Waals surface area contributed by atoms with Gasteiger partial charge < -0.3 is 4.90 Å². The Morgan fingerprint density at radius 1 is 1.24 bits per heavy atom. The molecule has 98 valence electrons. The first-order valence-corrected chi connectivity index (χ1v) is 6.48. The van der Waals surface area contributed by atoms with Crippen molar-refractivity contribution in [3.63, 3.8) is 0 Å². The summed E-state index contributed by atoms with van der Waals surface area (Å²) in [6.07, 6.45) is -1.66. The molecule has 0 radical (unpaired) electrons. The zero-order chi connectivity index (χ0) is 12.9. The fourth-order valence-electron chi connectivity index (χ4n) is 1.20. The molecule has 0 aromatic carbocycles. The average Bonchev–Trinajstić information content (AvgIpc) is 2.72. The van der Waals surface area contributed by atoms with E-state index in [1.165, 1.54) is 0 Å². The van der Waals surface area contributed by atoms with Crippen LogP contribution in [0, 0.1) is 0 Å². The second-order valence-electron chi connectivity index (χ2n) is 3.56. The van der Waals surface area contributed by atoms with Crippen LogP contribution in [-0.2, 0) is 6.18 Å². The van der Waals surface area contributed by atoms with Crippen LogP contribution in [0.1, 0.15) is 24.3 Å². The maximum Gasteiger partial charge on any atom is 0.445 e. The Morgan fingerprint density at radius 3 is 2.47 bits per heavy atom. The molecule has 0 saturated heterocycles. The molecule has 0 unspecified atom stereocenters. The first-order chi connectivity index (χ1) is 7.95. The Hall–Kier alpha value is -0.560. The van der Waals surface area contributed by atoms with Crippen molar-refractivity contribution in [3.05, 3.63) is 5.01 Å². The van der Waals surface area contributed by atoms with Crippen molar-refractivity contribution < 1.29 is 13.2 Å². The number of halogens is 4. The van der Waals surface area contributed by atoms with Crippen LogP contribution < -0.4 is 4.90 Å². The summed E-state index contributed by atoms with van der Waals surface area (Å²) in [5, 5.41) is 6.06. The Kier molecular flexibility index (Phi) is 5.45. The van der Waals surface area contributed by atoms with Gasteiger partial charge in [-0.3, -0.25) is 0 Å². The number of hydrogen-bond donors (Lipinski definition) is 0. The lowest BCUT2D eigenvalue weighted by Gasteiger charge is -2.14. The molecule has 0 N–H and O–H groups in total. The lowest BCUT2D eigenvalue weighted by atomic mass is 10.2. The highest BCUT2D eigenvalue weighted by Crippen LogP contribution is 2.33. The summed E-state index contributed by atoms with van der Waals surface area (Å²) in [4.78, 5) is 1.68. The highest BCUT2D eigenvalue weighted by atomic mass is 35.5. The van der Waals surface area contributed by atoms with E-state index in [1.807, 2.05) is 0 Å². The number of rotatable bonds is 6. The highest BCUT2D eigenvalue weighted by molar-refractivity contribution is 7.15. The molecular formula is C9H13ClF3N3S. The summed E-state index contributed by atoms with van der Waals surface area (Å²) in [5.41, 5.74) is 0. The van der Waals surface area contributed by atoms with Gasteiger partial charge in [0.05, 0.1) is 0 Å². The molecule has 0 amide bonds. The molecule has 1 aromatic heterocycles. The van der Waals surface area contributed by atoms with Gasteiger partial charge in [0, 0.05) is 19.5 Å². The molecule has 8 heteroatoms. The minimum absolute atomic E-state index is 0.295. The smallest absolute Gasteiger partial charge is 0.350 e. The molecule has 0 spiro atoms. The monoisotopic (exact) mass is 287 g/mol. The van der Waals surface area contributed by atoms with Crippen LogP contribution in [0.2, 0.25) is 0 Å². The van der Waals surface area contributed by atoms with Crippen LogP contribution in [0.25, 0.3) is 0 Å². The Labute approximate surface area is 107 Å². The van der Waals surface area contributed by atoms with Crippen molar-refractivity contribution in [2.24, 2.45) is 0 Å². The summed E-state index contributed by atoms with van der Waals surface area (Å²) < 4.78 is 36.9. The number of nitrogens with zero attached hydrogens (tertiary/aromatic N) is 3. The molecular weight excluding hydrogens is 275 g/mol. The molecule has 17 heavy (non-hydrogen) atoms. The fraction of sp³-hybridized carbons (Fsp3) is 0.778. The minimum Gasteiger partial charge on any atom is -0.350 e. The van der Waals surface area contributed by atoms with Crippen LogP contribution in [0.3, 0.4) is 0 Å². The third-order valence-corrected chi connectivity index (χ3v) is 3.46. The van der Waals surface area contributed by atoms with E-state index in [0.717, 1.165) is 19.3 Å². The molecule has 1 rings (SSSR count). The molecule has 1 heterocycles. The van der Waals surface area contributed by atoms with Crippen LogP contribution >= 0.6 is 22.9 Å². The largest absolute Gasteiger partial charge is 0.445 e. The number of unbranched alkanes of at least 4 members (excludes halogenated alkanes) is 2. The van der Waals surface area contributed by atoms with Crippen LogP contribution in [0.4, 0.5) is 18.3 Å². The summed E-state index contributed by atoms with van der Waals surface area (Å²) in [5.74, 6) is 0.612. The molecule has 0 saturated carbocycles. The molecule has 3 nitrogen and oxygen atoms in total. The third-order valence-electron chi connectivity index (χ3n) is 2.11. The van der Waals surface area contributed by atoms with E-state index in [2.05, 4.69) is 10.2 Å². The Morgan fingerprint density at radius 2 is 1.94 bits per heavy atom. The van der Waals surface area contributed by atoms with Gasteiger partial charge in [0.25, 0.3) is 0 Å². The van der Waals surface area contributed by atoms with E-state index in [-0.39, 0.29) is 0 Å².